The molecule has 0 amide bonds. The minimum Gasteiger partial charge on any atom is -0.298 e. The van der Waals surface area contributed by atoms with Gasteiger partial charge in [0.05, 0.1) is 11.1 Å². The molecule has 2 aromatic rings. The molecule has 100 valence electrons. The molecule has 0 aliphatic rings. The predicted octanol–water partition coefficient (Wildman–Crippen LogP) is 3.91. The molecular weight excluding hydrogens is 267 g/mol. The summed E-state index contributed by atoms with van der Waals surface area (Å²) < 4.78 is 14.5. The lowest BCUT2D eigenvalue weighted by atomic mass is 10.1. The van der Waals surface area contributed by atoms with Crippen molar-refractivity contribution in [2.75, 3.05) is 0 Å². The second-order valence-electron chi connectivity index (χ2n) is 5.26. The van der Waals surface area contributed by atoms with E-state index in [0.29, 0.717) is 28.3 Å². The Morgan fingerprint density at radius 1 is 1.26 bits per heavy atom. The second-order valence-corrected chi connectivity index (χ2v) is 5.62. The monoisotopic (exact) mass is 280 g/mol. The van der Waals surface area contributed by atoms with E-state index in [-0.39, 0.29) is 11.4 Å². The first-order chi connectivity index (χ1) is 8.84. The number of nitrogens with zero attached hydrogens (tertiary/aromatic N) is 2. The van der Waals surface area contributed by atoms with E-state index in [0.717, 1.165) is 0 Å². The van der Waals surface area contributed by atoms with Crippen LogP contribution in [0.15, 0.2) is 24.3 Å². The molecular formula is C14H14ClFN2O. The van der Waals surface area contributed by atoms with Gasteiger partial charge in [-0.15, -0.1) is 0 Å². The fourth-order valence-corrected chi connectivity index (χ4v) is 2.20. The zero-order valence-corrected chi connectivity index (χ0v) is 11.7. The van der Waals surface area contributed by atoms with Gasteiger partial charge in [0.2, 0.25) is 0 Å². The summed E-state index contributed by atoms with van der Waals surface area (Å²) in [7, 11) is 0. The maximum Gasteiger partial charge on any atom is 0.155 e. The van der Waals surface area contributed by atoms with Gasteiger partial charge in [0.15, 0.2) is 6.29 Å². The zero-order valence-electron chi connectivity index (χ0n) is 10.9. The number of carbonyl (C=O) groups is 1. The van der Waals surface area contributed by atoms with E-state index >= 15 is 0 Å². The lowest BCUT2D eigenvalue weighted by molar-refractivity contribution is 0.112. The van der Waals surface area contributed by atoms with Crippen molar-refractivity contribution in [3.05, 3.63) is 40.8 Å². The van der Waals surface area contributed by atoms with Gasteiger partial charge in [-0.05, 0) is 45.0 Å². The van der Waals surface area contributed by atoms with E-state index in [1.54, 1.807) is 16.8 Å². The van der Waals surface area contributed by atoms with Gasteiger partial charge in [0, 0.05) is 5.56 Å². The van der Waals surface area contributed by atoms with Crippen LogP contribution in [0.25, 0.3) is 11.3 Å². The van der Waals surface area contributed by atoms with Crippen LogP contribution >= 0.6 is 11.6 Å². The fraction of sp³-hybridized carbons (Fsp3) is 0.286. The third kappa shape index (κ3) is 2.54. The van der Waals surface area contributed by atoms with Gasteiger partial charge < -0.3 is 0 Å². The summed E-state index contributed by atoms with van der Waals surface area (Å²) in [6.07, 6.45) is 0.677. The molecule has 0 bridgehead atoms. The average Bonchev–Trinajstić information content (AvgIpc) is 2.67. The molecule has 0 spiro atoms. The van der Waals surface area contributed by atoms with Gasteiger partial charge in [0.25, 0.3) is 0 Å². The van der Waals surface area contributed by atoms with E-state index in [4.69, 9.17) is 11.6 Å². The van der Waals surface area contributed by atoms with Crippen molar-refractivity contribution in [3.63, 3.8) is 0 Å². The van der Waals surface area contributed by atoms with Crippen LogP contribution in [0.4, 0.5) is 4.39 Å². The molecule has 0 aliphatic heterocycles. The molecule has 1 heterocycles. The predicted molar refractivity (Wildman–Crippen MR) is 73.0 cm³/mol. The Bertz CT molecular complexity index is 612. The van der Waals surface area contributed by atoms with Crippen LogP contribution in [0.1, 0.15) is 31.1 Å². The first kappa shape index (κ1) is 13.7. The van der Waals surface area contributed by atoms with Crippen LogP contribution < -0.4 is 0 Å². The summed E-state index contributed by atoms with van der Waals surface area (Å²) >= 11 is 6.19. The maximum absolute atomic E-state index is 12.9. The maximum atomic E-state index is 12.9. The molecule has 5 heteroatoms. The number of halogens is 2. The second kappa shape index (κ2) is 4.78. The molecule has 3 nitrogen and oxygen atoms in total. The van der Waals surface area contributed by atoms with Crippen LogP contribution in [-0.2, 0) is 5.54 Å². The molecule has 0 saturated carbocycles. The molecule has 1 aromatic carbocycles. The topological polar surface area (TPSA) is 34.9 Å². The van der Waals surface area contributed by atoms with Crippen LogP contribution in [0.2, 0.25) is 5.15 Å². The van der Waals surface area contributed by atoms with Gasteiger partial charge >= 0.3 is 0 Å². The Hall–Kier alpha value is -1.68. The Balaban J connectivity index is 2.64. The first-order valence-corrected chi connectivity index (χ1v) is 6.22. The third-order valence-corrected chi connectivity index (χ3v) is 3.10. The third-order valence-electron chi connectivity index (χ3n) is 2.73. The molecule has 2 rings (SSSR count). The SMILES string of the molecule is CC(C)(C)n1nc(-c2ccc(F)cc2)c(C=O)c1Cl. The summed E-state index contributed by atoms with van der Waals surface area (Å²) in [6, 6.07) is 5.81. The zero-order chi connectivity index (χ0) is 14.2. The van der Waals surface area contributed by atoms with Crippen molar-refractivity contribution in [1.82, 2.24) is 9.78 Å². The molecule has 0 N–H and O–H groups in total. The highest BCUT2D eigenvalue weighted by Crippen LogP contribution is 2.31. The fourth-order valence-electron chi connectivity index (χ4n) is 1.78. The molecule has 1 aromatic heterocycles. The van der Waals surface area contributed by atoms with E-state index in [9.17, 15) is 9.18 Å². The largest absolute Gasteiger partial charge is 0.298 e. The number of aromatic nitrogens is 2. The van der Waals surface area contributed by atoms with Crippen molar-refractivity contribution in [3.8, 4) is 11.3 Å². The summed E-state index contributed by atoms with van der Waals surface area (Å²) in [4.78, 5) is 11.2. The Kier molecular flexibility index (Phi) is 3.45. The van der Waals surface area contributed by atoms with Crippen molar-refractivity contribution in [2.45, 2.75) is 26.3 Å². The van der Waals surface area contributed by atoms with Crippen LogP contribution in [0, 0.1) is 5.82 Å². The lowest BCUT2D eigenvalue weighted by Gasteiger charge is -2.20. The molecule has 0 saturated heterocycles. The average molecular weight is 281 g/mol. The summed E-state index contributed by atoms with van der Waals surface area (Å²) in [6.45, 7) is 5.82. The van der Waals surface area contributed by atoms with Crippen LogP contribution in [0.5, 0.6) is 0 Å². The van der Waals surface area contributed by atoms with Crippen molar-refractivity contribution >= 4 is 17.9 Å². The number of hydrogen-bond acceptors (Lipinski definition) is 2. The first-order valence-electron chi connectivity index (χ1n) is 5.84. The molecule has 0 atom stereocenters. The minimum atomic E-state index is -0.340. The Morgan fingerprint density at radius 2 is 1.84 bits per heavy atom. The highest BCUT2D eigenvalue weighted by molar-refractivity contribution is 6.32. The molecule has 0 aliphatic carbocycles. The van der Waals surface area contributed by atoms with Crippen LogP contribution in [0.3, 0.4) is 0 Å². The highest BCUT2D eigenvalue weighted by atomic mass is 35.5. The Morgan fingerprint density at radius 3 is 2.32 bits per heavy atom. The van der Waals surface area contributed by atoms with Crippen molar-refractivity contribution in [2.24, 2.45) is 0 Å². The van der Waals surface area contributed by atoms with Gasteiger partial charge in [-0.25, -0.2) is 9.07 Å². The molecule has 0 radical (unpaired) electrons. The Labute approximate surface area is 116 Å². The molecule has 0 unspecified atom stereocenters. The van der Waals surface area contributed by atoms with E-state index < -0.39 is 0 Å². The van der Waals surface area contributed by atoms with E-state index in [1.807, 2.05) is 20.8 Å². The van der Waals surface area contributed by atoms with Crippen LogP contribution in [-0.4, -0.2) is 16.1 Å². The van der Waals surface area contributed by atoms with Crippen molar-refractivity contribution in [1.29, 1.82) is 0 Å². The summed E-state index contributed by atoms with van der Waals surface area (Å²) in [5.74, 6) is -0.335. The van der Waals surface area contributed by atoms with E-state index in [2.05, 4.69) is 5.10 Å². The lowest BCUT2D eigenvalue weighted by Crippen LogP contribution is -2.23. The van der Waals surface area contributed by atoms with Gasteiger partial charge in [-0.1, -0.05) is 11.6 Å². The number of carbonyl (C=O) groups excluding carboxylic acids is 1. The van der Waals surface area contributed by atoms with Gasteiger partial charge in [-0.3, -0.25) is 4.79 Å². The minimum absolute atomic E-state index is 0.293. The summed E-state index contributed by atoms with van der Waals surface area (Å²) in [5, 5.41) is 4.68. The number of aldehydes is 1. The number of hydrogen-bond donors (Lipinski definition) is 0. The standard InChI is InChI=1S/C14H14ClFN2O/c1-14(2,3)18-13(15)11(8-19)12(17-18)9-4-6-10(16)7-5-9/h4-8H,1-3H3. The van der Waals surface area contributed by atoms with Gasteiger partial charge in [-0.2, -0.15) is 5.10 Å². The molecule has 19 heavy (non-hydrogen) atoms. The summed E-state index contributed by atoms with van der Waals surface area (Å²) in [5.41, 5.74) is 1.11. The molecule has 0 fully saturated rings. The van der Waals surface area contributed by atoms with Crippen molar-refractivity contribution < 1.29 is 9.18 Å². The normalized spacial score (nSPS) is 11.6. The number of rotatable bonds is 2. The van der Waals surface area contributed by atoms with Gasteiger partial charge in [0.1, 0.15) is 16.7 Å². The number of benzene rings is 1. The smallest absolute Gasteiger partial charge is 0.155 e. The van der Waals surface area contributed by atoms with E-state index in [1.165, 1.54) is 12.1 Å². The quantitative estimate of drug-likeness (QED) is 0.782. The highest BCUT2D eigenvalue weighted by Gasteiger charge is 2.24.